The van der Waals surface area contributed by atoms with Crippen LogP contribution in [0.2, 0.25) is 0 Å². The molecule has 0 amide bonds. The zero-order valence-electron chi connectivity index (χ0n) is 12.0. The van der Waals surface area contributed by atoms with Crippen LogP contribution in [0.4, 0.5) is 0 Å². The highest BCUT2D eigenvalue weighted by Crippen LogP contribution is 2.39. The van der Waals surface area contributed by atoms with Crippen molar-refractivity contribution in [2.75, 3.05) is 13.1 Å². The van der Waals surface area contributed by atoms with E-state index in [2.05, 4.69) is 31.7 Å². The lowest BCUT2D eigenvalue weighted by Gasteiger charge is -2.44. The number of rotatable bonds is 1. The van der Waals surface area contributed by atoms with Gasteiger partial charge in [-0.3, -0.25) is 4.90 Å². The molecular weight excluding hydrogens is 238 g/mol. The summed E-state index contributed by atoms with van der Waals surface area (Å²) >= 11 is 0. The number of hydrogen-bond donors (Lipinski definition) is 1. The van der Waals surface area contributed by atoms with E-state index in [4.69, 9.17) is 4.74 Å². The predicted molar refractivity (Wildman–Crippen MR) is 75.4 cm³/mol. The van der Waals surface area contributed by atoms with Gasteiger partial charge in [0.15, 0.2) is 0 Å². The first kappa shape index (κ1) is 12.9. The van der Waals surface area contributed by atoms with Crippen LogP contribution >= 0.6 is 0 Å². The largest absolute Gasteiger partial charge is 0.508 e. The Morgan fingerprint density at radius 1 is 1.37 bits per heavy atom. The van der Waals surface area contributed by atoms with Crippen LogP contribution in [-0.4, -0.2) is 34.8 Å². The first-order chi connectivity index (χ1) is 8.94. The summed E-state index contributed by atoms with van der Waals surface area (Å²) < 4.78 is 5.99. The molecule has 3 rings (SSSR count). The predicted octanol–water partition coefficient (Wildman–Crippen LogP) is 2.88. The number of aryl methyl sites for hydroxylation is 1. The molecule has 1 aromatic rings. The molecule has 3 nitrogen and oxygen atoms in total. The quantitative estimate of drug-likeness (QED) is 0.843. The maximum atomic E-state index is 9.58. The molecule has 2 atom stereocenters. The summed E-state index contributed by atoms with van der Waals surface area (Å²) in [6.45, 7) is 8.46. The number of hydrogen-bond acceptors (Lipinski definition) is 3. The van der Waals surface area contributed by atoms with Crippen LogP contribution in [0.15, 0.2) is 18.2 Å². The molecule has 1 N–H and O–H groups in total. The standard InChI is InChI=1S/C16H23NO2/c1-11-9-17(10-16(2,3)19-11)15-7-4-12-8-13(18)5-6-14(12)15/h5-6,8,11,15,18H,4,7,9-10H2,1-3H3. The molecule has 0 bridgehead atoms. The van der Waals surface area contributed by atoms with Crippen LogP contribution in [0.5, 0.6) is 5.75 Å². The zero-order chi connectivity index (χ0) is 13.6. The van der Waals surface area contributed by atoms with Gasteiger partial charge in [0, 0.05) is 19.1 Å². The van der Waals surface area contributed by atoms with Crippen molar-refractivity contribution in [3.8, 4) is 5.75 Å². The Labute approximate surface area is 115 Å². The highest BCUT2D eigenvalue weighted by atomic mass is 16.5. The second kappa shape index (κ2) is 4.50. The molecule has 0 radical (unpaired) electrons. The zero-order valence-corrected chi connectivity index (χ0v) is 12.0. The summed E-state index contributed by atoms with van der Waals surface area (Å²) in [4.78, 5) is 2.55. The van der Waals surface area contributed by atoms with Gasteiger partial charge in [0.05, 0.1) is 11.7 Å². The number of fused-ring (bicyclic) bond motifs is 1. The summed E-state index contributed by atoms with van der Waals surface area (Å²) in [5.41, 5.74) is 2.63. The van der Waals surface area contributed by atoms with E-state index in [-0.39, 0.29) is 11.7 Å². The molecule has 0 spiro atoms. The van der Waals surface area contributed by atoms with Gasteiger partial charge in [-0.1, -0.05) is 6.07 Å². The SMILES string of the molecule is CC1CN(C2CCc3cc(O)ccc32)CC(C)(C)O1. The van der Waals surface area contributed by atoms with Gasteiger partial charge < -0.3 is 9.84 Å². The van der Waals surface area contributed by atoms with Crippen LogP contribution in [-0.2, 0) is 11.2 Å². The Balaban J connectivity index is 1.85. The van der Waals surface area contributed by atoms with E-state index in [0.717, 1.165) is 25.9 Å². The van der Waals surface area contributed by atoms with Crippen molar-refractivity contribution in [3.05, 3.63) is 29.3 Å². The van der Waals surface area contributed by atoms with Crippen molar-refractivity contribution >= 4 is 0 Å². The topological polar surface area (TPSA) is 32.7 Å². The lowest BCUT2D eigenvalue weighted by atomic mass is 10.0. The number of aromatic hydroxyl groups is 1. The molecule has 0 aromatic heterocycles. The summed E-state index contributed by atoms with van der Waals surface area (Å²) in [5.74, 6) is 0.384. The first-order valence-corrected chi connectivity index (χ1v) is 7.18. The normalized spacial score (nSPS) is 30.3. The maximum absolute atomic E-state index is 9.58. The minimum Gasteiger partial charge on any atom is -0.508 e. The van der Waals surface area contributed by atoms with Gasteiger partial charge in [0.25, 0.3) is 0 Å². The minimum absolute atomic E-state index is 0.0721. The van der Waals surface area contributed by atoms with Gasteiger partial charge in [-0.2, -0.15) is 0 Å². The van der Waals surface area contributed by atoms with E-state index in [9.17, 15) is 5.11 Å². The molecule has 19 heavy (non-hydrogen) atoms. The summed E-state index contributed by atoms with van der Waals surface area (Å²) in [5, 5.41) is 9.58. The first-order valence-electron chi connectivity index (χ1n) is 7.18. The molecule has 2 aliphatic rings. The monoisotopic (exact) mass is 261 g/mol. The maximum Gasteiger partial charge on any atom is 0.115 e. The number of phenolic OH excluding ortho intramolecular Hbond substituents is 1. The Morgan fingerprint density at radius 3 is 2.89 bits per heavy atom. The van der Waals surface area contributed by atoms with Crippen LogP contribution in [0, 0.1) is 0 Å². The molecule has 0 saturated carbocycles. The van der Waals surface area contributed by atoms with Gasteiger partial charge in [0.1, 0.15) is 5.75 Å². The van der Waals surface area contributed by atoms with Crippen LogP contribution < -0.4 is 0 Å². The molecule has 1 saturated heterocycles. The lowest BCUT2D eigenvalue weighted by molar-refractivity contribution is -0.138. The van der Waals surface area contributed by atoms with Crippen molar-refractivity contribution in [3.63, 3.8) is 0 Å². The summed E-state index contributed by atoms with van der Waals surface area (Å²) in [6.07, 6.45) is 2.51. The number of nitrogens with zero attached hydrogens (tertiary/aromatic N) is 1. The lowest BCUT2D eigenvalue weighted by Crippen LogP contribution is -2.52. The molecule has 1 heterocycles. The Hall–Kier alpha value is -1.06. The summed E-state index contributed by atoms with van der Waals surface area (Å²) in [7, 11) is 0. The average Bonchev–Trinajstić information content (AvgIpc) is 2.68. The Morgan fingerprint density at radius 2 is 2.16 bits per heavy atom. The molecule has 3 heteroatoms. The highest BCUT2D eigenvalue weighted by Gasteiger charge is 2.37. The van der Waals surface area contributed by atoms with Crippen LogP contribution in [0.1, 0.15) is 44.4 Å². The van der Waals surface area contributed by atoms with Crippen molar-refractivity contribution in [2.24, 2.45) is 0 Å². The second-order valence-electron chi connectivity index (χ2n) is 6.56. The van der Waals surface area contributed by atoms with E-state index in [1.54, 1.807) is 0 Å². The summed E-state index contributed by atoms with van der Waals surface area (Å²) in [6, 6.07) is 6.31. The van der Waals surface area contributed by atoms with Gasteiger partial charge in [-0.05, 0) is 56.9 Å². The molecule has 1 aliphatic heterocycles. The molecule has 104 valence electrons. The average molecular weight is 261 g/mol. The van der Waals surface area contributed by atoms with Crippen LogP contribution in [0.3, 0.4) is 0 Å². The molecular formula is C16H23NO2. The van der Waals surface area contributed by atoms with E-state index in [1.807, 2.05) is 12.1 Å². The Kier molecular flexibility index (Phi) is 3.06. The van der Waals surface area contributed by atoms with Gasteiger partial charge >= 0.3 is 0 Å². The van der Waals surface area contributed by atoms with Gasteiger partial charge in [-0.25, -0.2) is 0 Å². The van der Waals surface area contributed by atoms with Gasteiger partial charge in [0.2, 0.25) is 0 Å². The van der Waals surface area contributed by atoms with E-state index in [1.165, 1.54) is 11.1 Å². The minimum atomic E-state index is -0.0721. The van der Waals surface area contributed by atoms with E-state index in [0.29, 0.717) is 11.8 Å². The van der Waals surface area contributed by atoms with Gasteiger partial charge in [-0.15, -0.1) is 0 Å². The number of morpholine rings is 1. The fraction of sp³-hybridized carbons (Fsp3) is 0.625. The highest BCUT2D eigenvalue weighted by molar-refractivity contribution is 5.40. The van der Waals surface area contributed by atoms with Crippen molar-refractivity contribution in [2.45, 2.75) is 51.4 Å². The second-order valence-corrected chi connectivity index (χ2v) is 6.56. The van der Waals surface area contributed by atoms with Crippen LogP contribution in [0.25, 0.3) is 0 Å². The van der Waals surface area contributed by atoms with Crippen molar-refractivity contribution in [1.82, 2.24) is 4.90 Å². The number of phenols is 1. The number of benzene rings is 1. The van der Waals surface area contributed by atoms with E-state index < -0.39 is 0 Å². The Bertz CT molecular complexity index is 484. The molecule has 2 unspecified atom stereocenters. The fourth-order valence-electron chi connectivity index (χ4n) is 3.70. The number of ether oxygens (including phenoxy) is 1. The van der Waals surface area contributed by atoms with E-state index >= 15 is 0 Å². The smallest absolute Gasteiger partial charge is 0.115 e. The molecule has 1 fully saturated rings. The third-order valence-corrected chi connectivity index (χ3v) is 4.21. The molecule has 1 aliphatic carbocycles. The third-order valence-electron chi connectivity index (χ3n) is 4.21. The molecule has 1 aromatic carbocycles. The van der Waals surface area contributed by atoms with Crippen molar-refractivity contribution in [1.29, 1.82) is 0 Å². The van der Waals surface area contributed by atoms with Crippen molar-refractivity contribution < 1.29 is 9.84 Å². The fourth-order valence-corrected chi connectivity index (χ4v) is 3.70. The third kappa shape index (κ3) is 2.49.